The summed E-state index contributed by atoms with van der Waals surface area (Å²) in [5.41, 5.74) is -0.180. The minimum absolute atomic E-state index is 0.00258. The van der Waals surface area contributed by atoms with Crippen molar-refractivity contribution in [1.82, 2.24) is 9.21 Å². The molecule has 0 aromatic heterocycles. The van der Waals surface area contributed by atoms with E-state index < -0.39 is 26.7 Å². The summed E-state index contributed by atoms with van der Waals surface area (Å²) >= 11 is 0. The van der Waals surface area contributed by atoms with Crippen molar-refractivity contribution in [3.8, 4) is 5.75 Å². The summed E-state index contributed by atoms with van der Waals surface area (Å²) in [4.78, 5) is 14.4. The Balaban J connectivity index is 1.46. The van der Waals surface area contributed by atoms with Crippen molar-refractivity contribution in [3.63, 3.8) is 0 Å². The van der Waals surface area contributed by atoms with Crippen LogP contribution in [0.1, 0.15) is 42.9 Å². The Kier molecular flexibility index (Phi) is 6.91. The van der Waals surface area contributed by atoms with Crippen LogP contribution in [0.3, 0.4) is 0 Å². The second-order valence-electron chi connectivity index (χ2n) is 8.64. The van der Waals surface area contributed by atoms with E-state index in [9.17, 15) is 26.4 Å². The van der Waals surface area contributed by atoms with E-state index in [1.807, 2.05) is 29.2 Å². The second kappa shape index (κ2) is 9.58. The monoisotopic (exact) mass is 496 g/mol. The quantitative estimate of drug-likeness (QED) is 0.612. The molecular formula is C24H27F3N2O4S. The number of benzene rings is 2. The van der Waals surface area contributed by atoms with Gasteiger partial charge in [-0.1, -0.05) is 24.3 Å². The number of halogens is 3. The molecule has 0 spiro atoms. The Bertz CT molecular complexity index is 1140. The van der Waals surface area contributed by atoms with Crippen molar-refractivity contribution in [1.29, 1.82) is 0 Å². The van der Waals surface area contributed by atoms with E-state index in [0.717, 1.165) is 40.6 Å². The highest BCUT2D eigenvalue weighted by molar-refractivity contribution is 7.89. The van der Waals surface area contributed by atoms with Crippen molar-refractivity contribution < 1.29 is 31.1 Å². The molecular weight excluding hydrogens is 469 g/mol. The molecule has 10 heteroatoms. The highest BCUT2D eigenvalue weighted by Gasteiger charge is 2.41. The number of amides is 1. The summed E-state index contributed by atoms with van der Waals surface area (Å²) < 4.78 is 72.5. The molecule has 4 rings (SSSR count). The van der Waals surface area contributed by atoms with Crippen LogP contribution in [0.5, 0.6) is 5.75 Å². The van der Waals surface area contributed by atoms with Crippen LogP contribution in [0.25, 0.3) is 0 Å². The average Bonchev–Trinajstić information content (AvgIpc) is 3.33. The Morgan fingerprint density at radius 3 is 2.38 bits per heavy atom. The molecule has 2 aliphatic rings. The number of likely N-dealkylation sites (tertiary alicyclic amines) is 1. The number of nitrogens with zero attached hydrogens (tertiary/aromatic N) is 2. The van der Waals surface area contributed by atoms with Gasteiger partial charge in [-0.15, -0.1) is 0 Å². The molecule has 2 aliphatic heterocycles. The van der Waals surface area contributed by atoms with E-state index in [4.69, 9.17) is 4.74 Å². The molecule has 1 atom stereocenters. The second-order valence-corrected chi connectivity index (χ2v) is 10.5. The zero-order valence-electron chi connectivity index (χ0n) is 18.8. The van der Waals surface area contributed by atoms with Crippen LogP contribution >= 0.6 is 0 Å². The minimum atomic E-state index is -4.77. The first-order valence-corrected chi connectivity index (χ1v) is 12.7. The number of rotatable bonds is 5. The van der Waals surface area contributed by atoms with Gasteiger partial charge in [0.05, 0.1) is 23.6 Å². The smallest absolute Gasteiger partial charge is 0.417 e. The Labute approximate surface area is 197 Å². The van der Waals surface area contributed by atoms with E-state index in [-0.39, 0.29) is 43.8 Å². The lowest BCUT2D eigenvalue weighted by Crippen LogP contribution is -2.44. The van der Waals surface area contributed by atoms with Gasteiger partial charge in [0.1, 0.15) is 5.75 Å². The Hall–Kier alpha value is -2.59. The number of ether oxygens (including phenoxy) is 1. The zero-order chi connectivity index (χ0) is 24.5. The Morgan fingerprint density at radius 2 is 1.71 bits per heavy atom. The molecule has 2 fully saturated rings. The summed E-state index contributed by atoms with van der Waals surface area (Å²) in [5, 5.41) is 0. The van der Waals surface area contributed by atoms with Crippen molar-refractivity contribution in [2.75, 3.05) is 26.7 Å². The van der Waals surface area contributed by atoms with Crippen LogP contribution in [0.4, 0.5) is 13.2 Å². The number of piperidine rings is 1. The molecule has 34 heavy (non-hydrogen) atoms. The van der Waals surface area contributed by atoms with Crippen LogP contribution in [0.15, 0.2) is 53.4 Å². The molecule has 1 unspecified atom stereocenters. The molecule has 6 nitrogen and oxygen atoms in total. The van der Waals surface area contributed by atoms with Crippen LogP contribution < -0.4 is 4.74 Å². The van der Waals surface area contributed by atoms with Crippen LogP contribution in [-0.4, -0.2) is 50.3 Å². The molecule has 0 aliphatic carbocycles. The summed E-state index contributed by atoms with van der Waals surface area (Å²) in [5.74, 6) is 0.322. The molecule has 2 saturated heterocycles. The van der Waals surface area contributed by atoms with E-state index in [0.29, 0.717) is 6.54 Å². The number of hydrogen-bond acceptors (Lipinski definition) is 4. The van der Waals surface area contributed by atoms with Gasteiger partial charge in [-0.05, 0) is 55.5 Å². The van der Waals surface area contributed by atoms with Crippen LogP contribution in [-0.2, 0) is 21.0 Å². The summed E-state index contributed by atoms with van der Waals surface area (Å²) in [6, 6.07) is 11.8. The van der Waals surface area contributed by atoms with Gasteiger partial charge in [-0.3, -0.25) is 4.79 Å². The summed E-state index contributed by atoms with van der Waals surface area (Å²) in [6.07, 6.45) is -2.53. The summed E-state index contributed by atoms with van der Waals surface area (Å²) in [7, 11) is -2.74. The van der Waals surface area contributed by atoms with Gasteiger partial charge in [0.15, 0.2) is 0 Å². The fourth-order valence-corrected chi connectivity index (χ4v) is 6.55. The average molecular weight is 497 g/mol. The molecule has 2 heterocycles. The van der Waals surface area contributed by atoms with Crippen molar-refractivity contribution >= 4 is 15.9 Å². The van der Waals surface area contributed by atoms with Gasteiger partial charge in [0.2, 0.25) is 15.9 Å². The molecule has 2 aromatic rings. The lowest BCUT2D eigenvalue weighted by Gasteiger charge is -2.34. The number of methoxy groups -OCH3 is 1. The number of carbonyl (C=O) groups is 1. The molecule has 1 amide bonds. The van der Waals surface area contributed by atoms with Gasteiger partial charge in [0.25, 0.3) is 0 Å². The molecule has 0 bridgehead atoms. The van der Waals surface area contributed by atoms with Crippen LogP contribution in [0, 0.1) is 5.92 Å². The topological polar surface area (TPSA) is 66.9 Å². The van der Waals surface area contributed by atoms with Crippen molar-refractivity contribution in [2.24, 2.45) is 5.92 Å². The first kappa shape index (κ1) is 24.5. The minimum Gasteiger partial charge on any atom is -0.497 e. The van der Waals surface area contributed by atoms with Crippen molar-refractivity contribution in [2.45, 2.75) is 42.8 Å². The van der Waals surface area contributed by atoms with Gasteiger partial charge >= 0.3 is 6.18 Å². The maximum Gasteiger partial charge on any atom is 0.417 e. The highest BCUT2D eigenvalue weighted by Crippen LogP contribution is 2.38. The van der Waals surface area contributed by atoms with Gasteiger partial charge in [-0.2, -0.15) is 17.5 Å². The summed E-state index contributed by atoms with van der Waals surface area (Å²) in [6.45, 7) is 0.628. The zero-order valence-corrected chi connectivity index (χ0v) is 19.6. The third-order valence-corrected chi connectivity index (χ3v) is 8.58. The molecule has 2 aromatic carbocycles. The predicted molar refractivity (Wildman–Crippen MR) is 120 cm³/mol. The standard InChI is InChI=1S/C24H27F3N2O4S/c1-33-19-7-4-6-18(16-19)21-9-5-13-29(21)23(30)17-11-14-28(15-12-17)34(31,32)22-10-3-2-8-20(22)24(25,26)27/h2-4,6-8,10,16-17,21H,5,9,11-15H2,1H3. The lowest BCUT2D eigenvalue weighted by atomic mass is 9.95. The predicted octanol–water partition coefficient (Wildman–Crippen LogP) is 4.48. The molecule has 0 N–H and O–H groups in total. The van der Waals surface area contributed by atoms with E-state index in [1.165, 1.54) is 12.1 Å². The van der Waals surface area contributed by atoms with E-state index in [2.05, 4.69) is 0 Å². The fraction of sp³-hybridized carbons (Fsp3) is 0.458. The van der Waals surface area contributed by atoms with Gasteiger partial charge in [-0.25, -0.2) is 8.42 Å². The fourth-order valence-electron chi connectivity index (χ4n) is 4.87. The lowest BCUT2D eigenvalue weighted by molar-refractivity contribution is -0.140. The number of carbonyl (C=O) groups excluding carboxylic acids is 1. The molecule has 0 radical (unpaired) electrons. The van der Waals surface area contributed by atoms with E-state index >= 15 is 0 Å². The SMILES string of the molecule is COc1cccc(C2CCCN2C(=O)C2CCN(S(=O)(=O)c3ccccc3C(F)(F)F)CC2)c1. The normalized spacial score (nSPS) is 20.5. The first-order chi connectivity index (χ1) is 16.1. The number of sulfonamides is 1. The first-order valence-electron chi connectivity index (χ1n) is 11.2. The van der Waals surface area contributed by atoms with E-state index in [1.54, 1.807) is 7.11 Å². The maximum atomic E-state index is 13.4. The highest BCUT2D eigenvalue weighted by atomic mass is 32.2. The number of alkyl halides is 3. The maximum absolute atomic E-state index is 13.4. The molecule has 184 valence electrons. The van der Waals surface area contributed by atoms with Gasteiger partial charge in [0, 0.05) is 25.6 Å². The van der Waals surface area contributed by atoms with Gasteiger partial charge < -0.3 is 9.64 Å². The third-order valence-electron chi connectivity index (χ3n) is 6.63. The largest absolute Gasteiger partial charge is 0.497 e. The Morgan fingerprint density at radius 1 is 1.00 bits per heavy atom. The van der Waals surface area contributed by atoms with Crippen molar-refractivity contribution in [3.05, 3.63) is 59.7 Å². The third kappa shape index (κ3) is 4.79. The van der Waals surface area contributed by atoms with Crippen LogP contribution in [0.2, 0.25) is 0 Å². The molecule has 0 saturated carbocycles. The number of hydrogen-bond donors (Lipinski definition) is 0.